The average Bonchev–Trinajstić information content (AvgIpc) is 3.67. The van der Waals surface area contributed by atoms with E-state index in [0.29, 0.717) is 0 Å². The molecule has 2 nitrogen and oxygen atoms in total. The number of hydrogen-bond acceptors (Lipinski definition) is 0. The average molecular weight is 611 g/mol. The molecule has 10 rings (SSSR count). The molecule has 0 radical (unpaired) electrons. The van der Waals surface area contributed by atoms with Crippen molar-refractivity contribution < 1.29 is 0 Å². The molecule has 8 aromatic carbocycles. The first-order valence-corrected chi connectivity index (χ1v) is 16.5. The van der Waals surface area contributed by atoms with Crippen LogP contribution in [0.15, 0.2) is 182 Å². The molecule has 0 amide bonds. The van der Waals surface area contributed by atoms with Gasteiger partial charge < -0.3 is 9.13 Å². The van der Waals surface area contributed by atoms with Crippen LogP contribution in [-0.4, -0.2) is 9.13 Å². The van der Waals surface area contributed by atoms with E-state index in [1.165, 1.54) is 88.0 Å². The summed E-state index contributed by atoms with van der Waals surface area (Å²) in [4.78, 5) is 0. The summed E-state index contributed by atoms with van der Waals surface area (Å²) in [5.41, 5.74) is 12.1. The van der Waals surface area contributed by atoms with Crippen molar-refractivity contribution in [3.63, 3.8) is 0 Å². The minimum atomic E-state index is 1.17. The molecule has 0 aliphatic rings. The quantitative estimate of drug-likeness (QED) is 0.188. The van der Waals surface area contributed by atoms with Crippen molar-refractivity contribution in [2.75, 3.05) is 0 Å². The lowest BCUT2D eigenvalue weighted by Gasteiger charge is -2.10. The standard InChI is InChI=1S/C46H30N2/c1-3-13-32(14-4-1)38-19-11-21-45-46(38)41-30-35(24-27-44(41)48(45)37-25-22-31-12-7-8-15-33(31)28-37)34-23-26-43-40(29-34)39-18-9-10-20-42(39)47(43)36-16-5-2-6-17-36/h1-30H. The van der Waals surface area contributed by atoms with Crippen molar-refractivity contribution in [3.8, 4) is 33.6 Å². The van der Waals surface area contributed by atoms with Gasteiger partial charge in [-0.15, -0.1) is 0 Å². The Morgan fingerprint density at radius 2 is 0.896 bits per heavy atom. The molecule has 2 heterocycles. The third-order valence-corrected chi connectivity index (χ3v) is 9.89. The summed E-state index contributed by atoms with van der Waals surface area (Å²) in [6.45, 7) is 0. The van der Waals surface area contributed by atoms with Gasteiger partial charge in [-0.25, -0.2) is 0 Å². The number of hydrogen-bond donors (Lipinski definition) is 0. The number of nitrogens with zero attached hydrogens (tertiary/aromatic N) is 2. The summed E-state index contributed by atoms with van der Waals surface area (Å²) in [7, 11) is 0. The maximum absolute atomic E-state index is 2.43. The molecule has 0 atom stereocenters. The van der Waals surface area contributed by atoms with E-state index in [9.17, 15) is 0 Å². The molecule has 2 heteroatoms. The van der Waals surface area contributed by atoms with Gasteiger partial charge in [0.25, 0.3) is 0 Å². The van der Waals surface area contributed by atoms with Gasteiger partial charge in [-0.2, -0.15) is 0 Å². The van der Waals surface area contributed by atoms with Crippen LogP contribution in [0, 0.1) is 0 Å². The molecule has 48 heavy (non-hydrogen) atoms. The predicted molar refractivity (Wildman–Crippen MR) is 203 cm³/mol. The number of fused-ring (bicyclic) bond motifs is 7. The summed E-state index contributed by atoms with van der Waals surface area (Å²) >= 11 is 0. The lowest BCUT2D eigenvalue weighted by molar-refractivity contribution is 1.18. The highest BCUT2D eigenvalue weighted by molar-refractivity contribution is 6.17. The SMILES string of the molecule is c1ccc(-c2cccc3c2c2cc(-c4ccc5c(c4)c4ccccc4n5-c4ccccc4)ccc2n3-c2ccc3ccccc3c2)cc1. The van der Waals surface area contributed by atoms with Gasteiger partial charge >= 0.3 is 0 Å². The molecule has 0 aliphatic carbocycles. The topological polar surface area (TPSA) is 9.86 Å². The van der Waals surface area contributed by atoms with Gasteiger partial charge in [0.05, 0.1) is 22.1 Å². The van der Waals surface area contributed by atoms with Gasteiger partial charge in [-0.3, -0.25) is 0 Å². The Hall–Kier alpha value is -6.38. The molecule has 10 aromatic rings. The van der Waals surface area contributed by atoms with E-state index in [-0.39, 0.29) is 0 Å². The van der Waals surface area contributed by atoms with Crippen LogP contribution >= 0.6 is 0 Å². The summed E-state index contributed by atoms with van der Waals surface area (Å²) in [5.74, 6) is 0. The second-order valence-electron chi connectivity index (χ2n) is 12.6. The molecule has 0 aliphatic heterocycles. The van der Waals surface area contributed by atoms with E-state index in [2.05, 4.69) is 191 Å². The maximum atomic E-state index is 2.43. The van der Waals surface area contributed by atoms with Gasteiger partial charge in [-0.1, -0.05) is 121 Å². The van der Waals surface area contributed by atoms with E-state index >= 15 is 0 Å². The monoisotopic (exact) mass is 610 g/mol. The Balaban J connectivity index is 1.23. The lowest BCUT2D eigenvalue weighted by atomic mass is 9.97. The van der Waals surface area contributed by atoms with Gasteiger partial charge in [0.2, 0.25) is 0 Å². The molecule has 0 bridgehead atoms. The number of aromatic nitrogens is 2. The van der Waals surface area contributed by atoms with Crippen molar-refractivity contribution in [3.05, 3.63) is 182 Å². The zero-order valence-corrected chi connectivity index (χ0v) is 26.2. The van der Waals surface area contributed by atoms with Crippen molar-refractivity contribution >= 4 is 54.4 Å². The van der Waals surface area contributed by atoms with Crippen LogP contribution in [0.25, 0.3) is 88.0 Å². The van der Waals surface area contributed by atoms with Crippen molar-refractivity contribution in [2.45, 2.75) is 0 Å². The molecular formula is C46H30N2. The molecular weight excluding hydrogens is 581 g/mol. The molecule has 0 saturated carbocycles. The van der Waals surface area contributed by atoms with Gasteiger partial charge in [0.1, 0.15) is 0 Å². The zero-order chi connectivity index (χ0) is 31.6. The number of benzene rings is 8. The maximum Gasteiger partial charge on any atom is 0.0547 e. The summed E-state index contributed by atoms with van der Waals surface area (Å²) in [6, 6.07) is 66.2. The van der Waals surface area contributed by atoms with Crippen LogP contribution in [0.5, 0.6) is 0 Å². The minimum absolute atomic E-state index is 1.17. The molecule has 0 fully saturated rings. The fourth-order valence-electron chi connectivity index (χ4n) is 7.71. The van der Waals surface area contributed by atoms with E-state index in [1.54, 1.807) is 0 Å². The molecule has 2 aromatic heterocycles. The van der Waals surface area contributed by atoms with Gasteiger partial charge in [0.15, 0.2) is 0 Å². The molecule has 0 spiro atoms. The van der Waals surface area contributed by atoms with Crippen LogP contribution in [0.2, 0.25) is 0 Å². The lowest BCUT2D eigenvalue weighted by Crippen LogP contribution is -1.94. The van der Waals surface area contributed by atoms with E-state index in [4.69, 9.17) is 0 Å². The van der Waals surface area contributed by atoms with E-state index in [0.717, 1.165) is 0 Å². The third kappa shape index (κ3) is 4.06. The van der Waals surface area contributed by atoms with Crippen molar-refractivity contribution in [1.29, 1.82) is 0 Å². The van der Waals surface area contributed by atoms with Crippen LogP contribution in [-0.2, 0) is 0 Å². The van der Waals surface area contributed by atoms with Gasteiger partial charge in [0, 0.05) is 32.9 Å². The Morgan fingerprint density at radius 1 is 0.292 bits per heavy atom. The summed E-state index contributed by atoms with van der Waals surface area (Å²) in [6.07, 6.45) is 0. The number of rotatable bonds is 4. The first-order valence-electron chi connectivity index (χ1n) is 16.5. The first kappa shape index (κ1) is 26.8. The Labute approximate surface area is 278 Å². The highest BCUT2D eigenvalue weighted by Crippen LogP contribution is 2.41. The van der Waals surface area contributed by atoms with Gasteiger partial charge in [-0.05, 0) is 93.7 Å². The highest BCUT2D eigenvalue weighted by atomic mass is 15.0. The Bertz CT molecular complexity index is 2820. The smallest absolute Gasteiger partial charge is 0.0547 e. The van der Waals surface area contributed by atoms with E-state index in [1.807, 2.05) is 0 Å². The Kier molecular flexibility index (Phi) is 5.91. The van der Waals surface area contributed by atoms with Crippen molar-refractivity contribution in [2.24, 2.45) is 0 Å². The summed E-state index contributed by atoms with van der Waals surface area (Å²) in [5, 5.41) is 7.54. The van der Waals surface area contributed by atoms with Crippen LogP contribution in [0.4, 0.5) is 0 Å². The molecule has 224 valence electrons. The van der Waals surface area contributed by atoms with Crippen LogP contribution in [0.3, 0.4) is 0 Å². The first-order chi connectivity index (χ1) is 23.8. The molecule has 0 saturated heterocycles. The van der Waals surface area contributed by atoms with Crippen LogP contribution in [0.1, 0.15) is 0 Å². The largest absolute Gasteiger partial charge is 0.309 e. The molecule has 0 N–H and O–H groups in total. The Morgan fingerprint density at radius 3 is 1.71 bits per heavy atom. The van der Waals surface area contributed by atoms with E-state index < -0.39 is 0 Å². The summed E-state index contributed by atoms with van der Waals surface area (Å²) < 4.78 is 4.81. The van der Waals surface area contributed by atoms with Crippen molar-refractivity contribution in [1.82, 2.24) is 9.13 Å². The van der Waals surface area contributed by atoms with Crippen LogP contribution < -0.4 is 0 Å². The second-order valence-corrected chi connectivity index (χ2v) is 12.6. The minimum Gasteiger partial charge on any atom is -0.309 e. The normalized spacial score (nSPS) is 11.8. The molecule has 0 unspecified atom stereocenters. The number of para-hydroxylation sites is 2. The second kappa shape index (κ2) is 10.6. The fourth-order valence-corrected chi connectivity index (χ4v) is 7.71. The zero-order valence-electron chi connectivity index (χ0n) is 26.2. The third-order valence-electron chi connectivity index (χ3n) is 9.89. The predicted octanol–water partition coefficient (Wildman–Crippen LogP) is 12.4. The highest BCUT2D eigenvalue weighted by Gasteiger charge is 2.18. The fraction of sp³-hybridized carbons (Fsp3) is 0.